The molecule has 0 amide bonds. The number of nitrogens with one attached hydrogen (secondary N) is 1. The Labute approximate surface area is 175 Å². The first kappa shape index (κ1) is 19.3. The summed E-state index contributed by atoms with van der Waals surface area (Å²) in [5, 5.41) is 15.0. The molecule has 1 spiro atoms. The molecule has 5 nitrogen and oxygen atoms in total. The summed E-state index contributed by atoms with van der Waals surface area (Å²) >= 11 is 0. The van der Waals surface area contributed by atoms with E-state index in [0.29, 0.717) is 18.7 Å². The lowest BCUT2D eigenvalue weighted by Crippen LogP contribution is -2.24. The molecule has 156 valence electrons. The van der Waals surface area contributed by atoms with Crippen molar-refractivity contribution in [1.82, 2.24) is 5.32 Å². The number of hydrogen-bond donors (Lipinski definition) is 2. The summed E-state index contributed by atoms with van der Waals surface area (Å²) in [4.78, 5) is 11.9. The van der Waals surface area contributed by atoms with Crippen LogP contribution in [0.2, 0.25) is 0 Å². The zero-order valence-electron chi connectivity index (χ0n) is 17.4. The molecule has 1 saturated carbocycles. The number of rotatable bonds is 5. The average molecular weight is 405 g/mol. The lowest BCUT2D eigenvalue weighted by Gasteiger charge is -2.16. The molecule has 0 radical (unpaired) electrons. The Hall–Kier alpha value is -2.63. The van der Waals surface area contributed by atoms with Crippen LogP contribution in [-0.4, -0.2) is 30.9 Å². The summed E-state index contributed by atoms with van der Waals surface area (Å²) in [6.45, 7) is 5.93. The second-order valence-electron chi connectivity index (χ2n) is 8.65. The number of aliphatic hydroxyl groups is 1. The fourth-order valence-electron chi connectivity index (χ4n) is 5.47. The highest BCUT2D eigenvalue weighted by Gasteiger charge is 2.70. The Morgan fingerprint density at radius 3 is 2.73 bits per heavy atom. The lowest BCUT2D eigenvalue weighted by molar-refractivity contribution is 0.115. The Balaban J connectivity index is 1.49. The molecular formula is C25H27NO4. The summed E-state index contributed by atoms with van der Waals surface area (Å²) in [6, 6.07) is 15.9. The van der Waals surface area contributed by atoms with E-state index < -0.39 is 0 Å². The second-order valence-corrected chi connectivity index (χ2v) is 8.65. The van der Waals surface area contributed by atoms with Crippen LogP contribution in [0.4, 0.5) is 0 Å². The van der Waals surface area contributed by atoms with Gasteiger partial charge in [0.15, 0.2) is 0 Å². The van der Waals surface area contributed by atoms with Gasteiger partial charge in [-0.1, -0.05) is 37.3 Å². The van der Waals surface area contributed by atoms with Crippen LogP contribution in [0.5, 0.6) is 5.75 Å². The number of aryl methyl sites for hydroxylation is 2. The molecule has 2 N–H and O–H groups in total. The Kier molecular flexibility index (Phi) is 4.68. The zero-order chi connectivity index (χ0) is 20.9. The van der Waals surface area contributed by atoms with Gasteiger partial charge >= 0.3 is 5.63 Å². The molecule has 1 aromatic heterocycles. The van der Waals surface area contributed by atoms with Gasteiger partial charge in [-0.05, 0) is 42.2 Å². The summed E-state index contributed by atoms with van der Waals surface area (Å²) in [5.41, 5.74) is 3.23. The predicted molar refractivity (Wildman–Crippen MR) is 116 cm³/mol. The van der Waals surface area contributed by atoms with Gasteiger partial charge in [0.1, 0.15) is 11.3 Å². The van der Waals surface area contributed by atoms with Crippen LogP contribution in [0.1, 0.15) is 29.5 Å². The summed E-state index contributed by atoms with van der Waals surface area (Å²) < 4.78 is 11.9. The number of β-amino-alcohol motifs (C(OH)–C–C–N with tert-alkyl or cyclic N) is 1. The Morgan fingerprint density at radius 1 is 1.23 bits per heavy atom. The van der Waals surface area contributed by atoms with E-state index >= 15 is 0 Å². The third kappa shape index (κ3) is 2.96. The molecule has 0 bridgehead atoms. The molecular weight excluding hydrogens is 378 g/mol. The van der Waals surface area contributed by atoms with E-state index in [-0.39, 0.29) is 29.0 Å². The third-order valence-corrected chi connectivity index (χ3v) is 6.94. The molecule has 0 unspecified atom stereocenters. The Bertz CT molecular complexity index is 1140. The van der Waals surface area contributed by atoms with Crippen LogP contribution < -0.4 is 15.7 Å². The van der Waals surface area contributed by atoms with Crippen molar-refractivity contribution in [3.8, 4) is 5.75 Å². The fraction of sp³-hybridized carbons (Fsp3) is 0.400. The summed E-state index contributed by atoms with van der Waals surface area (Å²) in [5.74, 6) is 1.24. The third-order valence-electron chi connectivity index (χ3n) is 6.94. The quantitative estimate of drug-likeness (QED) is 0.637. The molecule has 2 aromatic carbocycles. The molecule has 1 aliphatic heterocycles. The molecule has 4 atom stereocenters. The highest BCUT2D eigenvalue weighted by Crippen LogP contribution is 2.67. The van der Waals surface area contributed by atoms with Gasteiger partial charge < -0.3 is 19.6 Å². The highest BCUT2D eigenvalue weighted by atomic mass is 16.5. The van der Waals surface area contributed by atoms with Gasteiger partial charge in [-0.2, -0.15) is 0 Å². The second kappa shape index (κ2) is 7.25. The van der Waals surface area contributed by atoms with Crippen molar-refractivity contribution in [1.29, 1.82) is 0 Å². The smallest absolute Gasteiger partial charge is 0.336 e. The zero-order valence-corrected chi connectivity index (χ0v) is 17.4. The SMILES string of the molecule is CCc1cc(=O)oc2cc(C)cc(OC[C@@H]3[C@@H](c4ccccc4)[C@]34CNC[C@H]4O)c12. The van der Waals surface area contributed by atoms with Crippen molar-refractivity contribution in [2.24, 2.45) is 11.3 Å². The van der Waals surface area contributed by atoms with Crippen molar-refractivity contribution >= 4 is 11.0 Å². The van der Waals surface area contributed by atoms with E-state index in [4.69, 9.17) is 9.15 Å². The molecule has 2 aliphatic rings. The van der Waals surface area contributed by atoms with Gasteiger partial charge in [0.05, 0.1) is 18.1 Å². The minimum absolute atomic E-state index is 0.179. The monoisotopic (exact) mass is 405 g/mol. The largest absolute Gasteiger partial charge is 0.492 e. The molecule has 5 rings (SSSR count). The number of ether oxygens (including phenoxy) is 1. The van der Waals surface area contributed by atoms with Crippen molar-refractivity contribution in [2.75, 3.05) is 19.7 Å². The molecule has 3 aromatic rings. The topological polar surface area (TPSA) is 71.7 Å². The summed E-state index contributed by atoms with van der Waals surface area (Å²) in [6.07, 6.45) is 0.347. The molecule has 2 fully saturated rings. The van der Waals surface area contributed by atoms with Crippen molar-refractivity contribution in [3.63, 3.8) is 0 Å². The molecule has 5 heteroatoms. The highest BCUT2D eigenvalue weighted by molar-refractivity contribution is 5.87. The minimum Gasteiger partial charge on any atom is -0.492 e. The van der Waals surface area contributed by atoms with Crippen LogP contribution in [0, 0.1) is 18.3 Å². The van der Waals surface area contributed by atoms with E-state index in [9.17, 15) is 9.90 Å². The van der Waals surface area contributed by atoms with E-state index in [0.717, 1.165) is 35.2 Å². The van der Waals surface area contributed by atoms with E-state index in [1.54, 1.807) is 6.07 Å². The van der Waals surface area contributed by atoms with Gasteiger partial charge in [0, 0.05) is 36.4 Å². The number of fused-ring (bicyclic) bond motifs is 1. The minimum atomic E-state index is -0.380. The number of benzene rings is 2. The van der Waals surface area contributed by atoms with E-state index in [1.165, 1.54) is 5.56 Å². The first-order chi connectivity index (χ1) is 14.5. The van der Waals surface area contributed by atoms with Crippen molar-refractivity contribution in [3.05, 3.63) is 75.6 Å². The summed E-state index contributed by atoms with van der Waals surface area (Å²) in [7, 11) is 0. The molecule has 30 heavy (non-hydrogen) atoms. The van der Waals surface area contributed by atoms with Crippen LogP contribution in [0.25, 0.3) is 11.0 Å². The average Bonchev–Trinajstić information content (AvgIpc) is 3.23. The van der Waals surface area contributed by atoms with Gasteiger partial charge in [-0.15, -0.1) is 0 Å². The fourth-order valence-corrected chi connectivity index (χ4v) is 5.47. The van der Waals surface area contributed by atoms with Gasteiger partial charge in [-0.3, -0.25) is 0 Å². The maximum Gasteiger partial charge on any atom is 0.336 e. The van der Waals surface area contributed by atoms with Gasteiger partial charge in [-0.25, -0.2) is 4.79 Å². The van der Waals surface area contributed by atoms with Gasteiger partial charge in [0.2, 0.25) is 0 Å². The maximum atomic E-state index is 11.9. The molecule has 1 aliphatic carbocycles. The van der Waals surface area contributed by atoms with Crippen LogP contribution in [0.15, 0.2) is 57.7 Å². The normalized spacial score (nSPS) is 27.6. The van der Waals surface area contributed by atoms with Crippen molar-refractivity contribution < 1.29 is 14.3 Å². The first-order valence-corrected chi connectivity index (χ1v) is 10.7. The van der Waals surface area contributed by atoms with Crippen molar-refractivity contribution in [2.45, 2.75) is 32.3 Å². The molecule has 1 saturated heterocycles. The maximum absolute atomic E-state index is 11.9. The van der Waals surface area contributed by atoms with Crippen LogP contribution >= 0.6 is 0 Å². The number of aliphatic hydroxyl groups excluding tert-OH is 1. The lowest BCUT2D eigenvalue weighted by atomic mass is 9.95. The van der Waals surface area contributed by atoms with Crippen LogP contribution in [-0.2, 0) is 6.42 Å². The molecule has 2 heterocycles. The first-order valence-electron chi connectivity index (χ1n) is 10.7. The number of hydrogen-bond acceptors (Lipinski definition) is 5. The van der Waals surface area contributed by atoms with E-state index in [2.05, 4.69) is 29.6 Å². The Morgan fingerprint density at radius 2 is 2.03 bits per heavy atom. The van der Waals surface area contributed by atoms with Crippen LogP contribution in [0.3, 0.4) is 0 Å². The standard InChI is InChI=1S/C25H27NO4/c1-3-16-11-22(28)30-20-10-15(2)9-19(23(16)20)29-13-18-24(17-7-5-4-6-8-17)25(18)14-26-12-21(25)27/h4-11,18,21,24,26-27H,3,12-14H2,1-2H3/t18-,21-,24-,25-/m1/s1. The van der Waals surface area contributed by atoms with E-state index in [1.807, 2.05) is 32.0 Å². The predicted octanol–water partition coefficient (Wildman–Crippen LogP) is 3.41. The van der Waals surface area contributed by atoms with Gasteiger partial charge in [0.25, 0.3) is 0 Å².